The third-order valence-corrected chi connectivity index (χ3v) is 13.1. The summed E-state index contributed by atoms with van der Waals surface area (Å²) in [5.74, 6) is -1.77. The summed E-state index contributed by atoms with van der Waals surface area (Å²) in [5, 5.41) is 8.65. The normalized spacial score (nSPS) is 16.2. The molecule has 0 aromatic heterocycles. The third kappa shape index (κ3) is 11.7. The van der Waals surface area contributed by atoms with Crippen LogP contribution in [0.25, 0.3) is 0 Å². The van der Waals surface area contributed by atoms with Crippen LogP contribution < -0.4 is 30.2 Å². The number of sulfone groups is 1. The number of imide groups is 2. The molecule has 3 aliphatic heterocycles. The number of nitrogens with zero attached hydrogens (tertiary/aromatic N) is 2. The van der Waals surface area contributed by atoms with Gasteiger partial charge in [0.1, 0.15) is 28.2 Å². The van der Waals surface area contributed by atoms with E-state index in [1.165, 1.54) is 18.1 Å². The Morgan fingerprint density at radius 2 is 1.52 bits per heavy atom. The van der Waals surface area contributed by atoms with Crippen LogP contribution in [0.4, 0.5) is 5.69 Å². The molecule has 7 rings (SSSR count). The summed E-state index contributed by atoms with van der Waals surface area (Å²) < 4.78 is 42.4. The molecule has 67 heavy (non-hydrogen) atoms. The molecule has 1 unspecified atom stereocenters. The molecule has 16 nitrogen and oxygen atoms in total. The summed E-state index contributed by atoms with van der Waals surface area (Å²) in [6.45, 7) is 4.26. The van der Waals surface area contributed by atoms with Crippen molar-refractivity contribution in [3.8, 4) is 17.2 Å². The Kier molecular flexibility index (Phi) is 15.7. The van der Waals surface area contributed by atoms with Crippen molar-refractivity contribution in [1.29, 1.82) is 0 Å². The predicted octanol–water partition coefficient (Wildman–Crippen LogP) is 6.27. The van der Waals surface area contributed by atoms with Crippen molar-refractivity contribution in [2.45, 2.75) is 96.5 Å². The monoisotopic (exact) mass is 935 g/mol. The lowest BCUT2D eigenvalue weighted by molar-refractivity contribution is -0.137. The number of hydrogen-bond acceptors (Lipinski definition) is 12. The second-order valence-corrected chi connectivity index (χ2v) is 19.2. The third-order valence-electron chi connectivity index (χ3n) is 12.2. The molecule has 17 heteroatoms. The first-order valence-corrected chi connectivity index (χ1v) is 24.8. The van der Waals surface area contributed by atoms with E-state index >= 15 is 0 Å². The van der Waals surface area contributed by atoms with Crippen LogP contribution >= 0.6 is 0 Å². The quantitative estimate of drug-likeness (QED) is 0.0556. The van der Waals surface area contributed by atoms with Crippen molar-refractivity contribution in [3.05, 3.63) is 118 Å². The maximum atomic E-state index is 14.0. The number of ether oxygens (including phenoxy) is 3. The van der Waals surface area contributed by atoms with Gasteiger partial charge in [0.05, 0.1) is 48.9 Å². The molecular weight excluding hydrogens is 879 g/mol. The Labute approximate surface area is 390 Å². The van der Waals surface area contributed by atoms with Crippen LogP contribution in [-0.2, 0) is 43.9 Å². The number of methoxy groups -OCH3 is 1. The molecule has 6 amide bonds. The molecule has 1 saturated heterocycles. The zero-order chi connectivity index (χ0) is 47.7. The zero-order valence-electron chi connectivity index (χ0n) is 38.1. The number of anilines is 1. The minimum Gasteiger partial charge on any atom is -0.493 e. The van der Waals surface area contributed by atoms with E-state index in [0.717, 1.165) is 73.0 Å². The largest absolute Gasteiger partial charge is 0.493 e. The van der Waals surface area contributed by atoms with E-state index in [9.17, 15) is 37.2 Å². The highest BCUT2D eigenvalue weighted by molar-refractivity contribution is 7.90. The van der Waals surface area contributed by atoms with Crippen LogP contribution in [0, 0.1) is 0 Å². The van der Waals surface area contributed by atoms with E-state index in [1.54, 1.807) is 49.4 Å². The summed E-state index contributed by atoms with van der Waals surface area (Å²) in [5.41, 5.74) is 4.08. The van der Waals surface area contributed by atoms with Gasteiger partial charge in [-0.25, -0.2) is 8.42 Å². The summed E-state index contributed by atoms with van der Waals surface area (Å²) in [7, 11) is -2.20. The van der Waals surface area contributed by atoms with Gasteiger partial charge in [-0.2, -0.15) is 0 Å². The van der Waals surface area contributed by atoms with Crippen LogP contribution in [0.5, 0.6) is 17.2 Å². The number of carbonyl (C=O) groups is 6. The van der Waals surface area contributed by atoms with Gasteiger partial charge in [0.25, 0.3) is 17.7 Å². The van der Waals surface area contributed by atoms with Crippen molar-refractivity contribution in [3.63, 3.8) is 0 Å². The second-order valence-electron chi connectivity index (χ2n) is 17.0. The fourth-order valence-electron chi connectivity index (χ4n) is 8.76. The minimum absolute atomic E-state index is 0.0315. The molecule has 3 aliphatic rings. The average Bonchev–Trinajstić information content (AvgIpc) is 3.77. The topological polar surface area (TPSA) is 207 Å². The number of amides is 6. The van der Waals surface area contributed by atoms with Gasteiger partial charge in [0.2, 0.25) is 17.7 Å². The lowest BCUT2D eigenvalue weighted by Crippen LogP contribution is -2.52. The molecule has 0 bridgehead atoms. The summed E-state index contributed by atoms with van der Waals surface area (Å²) in [6, 6.07) is 21.1. The Morgan fingerprint density at radius 3 is 2.25 bits per heavy atom. The van der Waals surface area contributed by atoms with Crippen LogP contribution in [-0.4, -0.2) is 92.0 Å². The molecule has 0 aliphatic carbocycles. The molecule has 4 aromatic carbocycles. The number of rotatable bonds is 23. The van der Waals surface area contributed by atoms with Crippen molar-refractivity contribution in [2.24, 2.45) is 0 Å². The number of unbranched alkanes of at least 4 members (excludes halogenated alkanes) is 5. The minimum atomic E-state index is -3.68. The van der Waals surface area contributed by atoms with Gasteiger partial charge in [0, 0.05) is 36.8 Å². The Bertz CT molecular complexity index is 2630. The highest BCUT2D eigenvalue weighted by Gasteiger charge is 2.44. The average molecular weight is 936 g/mol. The first kappa shape index (κ1) is 48.3. The highest BCUT2D eigenvalue weighted by Crippen LogP contribution is 2.39. The predicted molar refractivity (Wildman–Crippen MR) is 249 cm³/mol. The van der Waals surface area contributed by atoms with Crippen LogP contribution in [0.1, 0.15) is 124 Å². The van der Waals surface area contributed by atoms with Gasteiger partial charge in [-0.15, -0.1) is 0 Å². The standard InChI is InChI=1S/C50H57N5O11S/c1-4-65-43-27-34(22-24-42(43)64-2)40(31-67(3,62)63)55-49(60)36-14-11-15-38(46(36)50(55)61)52-44(56)17-9-7-5-6-8-10-26-51-28-32-18-20-33(21-19-32)30-66-41-16-12-13-35-37(41)29-54(48(35)59)39-23-25-45(57)53-47(39)58/h11-16,18-22,24,27,39-40,51H,4-10,17,23,25-26,28-31H2,1-3H3,(H,52,56)(H,53,57,58)/t39?,40-/m1/s1. The van der Waals surface area contributed by atoms with Crippen molar-refractivity contribution in [2.75, 3.05) is 37.6 Å². The lowest BCUT2D eigenvalue weighted by atomic mass is 10.0. The molecule has 0 saturated carbocycles. The molecule has 1 fully saturated rings. The molecule has 2 atom stereocenters. The van der Waals surface area contributed by atoms with E-state index in [4.69, 9.17) is 14.2 Å². The summed E-state index contributed by atoms with van der Waals surface area (Å²) >= 11 is 0. The van der Waals surface area contributed by atoms with E-state index in [0.29, 0.717) is 54.4 Å². The number of carbonyl (C=O) groups excluding carboxylic acids is 6. The van der Waals surface area contributed by atoms with E-state index in [2.05, 4.69) is 28.1 Å². The number of nitrogens with one attached hydrogen (secondary N) is 3. The molecule has 354 valence electrons. The molecule has 3 N–H and O–H groups in total. The van der Waals surface area contributed by atoms with Gasteiger partial charge in [-0.3, -0.25) is 39.0 Å². The number of piperidine rings is 1. The molecule has 4 aromatic rings. The van der Waals surface area contributed by atoms with Crippen LogP contribution in [0.3, 0.4) is 0 Å². The highest BCUT2D eigenvalue weighted by atomic mass is 32.2. The lowest BCUT2D eigenvalue weighted by Gasteiger charge is -2.29. The van der Waals surface area contributed by atoms with Crippen LogP contribution in [0.2, 0.25) is 0 Å². The number of benzene rings is 4. The molecule has 0 spiro atoms. The fourth-order valence-corrected chi connectivity index (χ4v) is 9.68. The first-order chi connectivity index (χ1) is 32.3. The summed E-state index contributed by atoms with van der Waals surface area (Å²) in [6.07, 6.45) is 7.36. The Balaban J connectivity index is 0.796. The SMILES string of the molecule is CCOc1cc([C@@H](CS(C)(=O)=O)N2C(=O)c3cccc(NC(=O)CCCCCCCCNCc4ccc(COc5cccc6c5CN(C5CCC(=O)NC5=O)C6=O)cc4)c3C2=O)ccc1OC. The smallest absolute Gasteiger partial charge is 0.264 e. The zero-order valence-corrected chi connectivity index (χ0v) is 38.9. The number of fused-ring (bicyclic) bond motifs is 2. The van der Waals surface area contributed by atoms with Gasteiger partial charge in [-0.1, -0.05) is 68.1 Å². The molecule has 3 heterocycles. The second kappa shape index (κ2) is 21.8. The first-order valence-electron chi connectivity index (χ1n) is 22.7. The summed E-state index contributed by atoms with van der Waals surface area (Å²) in [4.78, 5) is 80.5. The van der Waals surface area contributed by atoms with E-state index in [1.807, 2.05) is 18.2 Å². The van der Waals surface area contributed by atoms with Crippen molar-refractivity contribution < 1.29 is 51.4 Å². The number of hydrogen-bond donors (Lipinski definition) is 3. The molecular formula is C50H57N5O11S. The van der Waals surface area contributed by atoms with Gasteiger partial charge in [0.15, 0.2) is 11.5 Å². The van der Waals surface area contributed by atoms with Crippen LogP contribution in [0.15, 0.2) is 78.9 Å². The van der Waals surface area contributed by atoms with Gasteiger partial charge < -0.3 is 29.7 Å². The maximum Gasteiger partial charge on any atom is 0.264 e. The van der Waals surface area contributed by atoms with E-state index in [-0.39, 0.29) is 53.9 Å². The van der Waals surface area contributed by atoms with E-state index < -0.39 is 45.4 Å². The maximum absolute atomic E-state index is 14.0. The van der Waals surface area contributed by atoms with Crippen molar-refractivity contribution in [1.82, 2.24) is 20.4 Å². The van der Waals surface area contributed by atoms with Gasteiger partial charge in [-0.05, 0) is 85.8 Å². The Morgan fingerprint density at radius 1 is 0.806 bits per heavy atom. The van der Waals surface area contributed by atoms with Crippen molar-refractivity contribution >= 4 is 51.0 Å². The fraction of sp³-hybridized carbons (Fsp3) is 0.400. The Hall–Kier alpha value is -6.59. The van der Waals surface area contributed by atoms with Gasteiger partial charge >= 0.3 is 0 Å². The molecule has 0 radical (unpaired) electrons.